The summed E-state index contributed by atoms with van der Waals surface area (Å²) in [5.74, 6) is 0.293. The van der Waals surface area contributed by atoms with Gasteiger partial charge in [-0.3, -0.25) is 9.69 Å². The second-order valence-corrected chi connectivity index (χ2v) is 6.44. The lowest BCUT2D eigenvalue weighted by atomic mass is 10.1. The molecule has 0 spiro atoms. The fourth-order valence-electron chi connectivity index (χ4n) is 3.21. The van der Waals surface area contributed by atoms with Gasteiger partial charge in [0.25, 0.3) is 0 Å². The van der Waals surface area contributed by atoms with Crippen molar-refractivity contribution in [2.75, 3.05) is 32.7 Å². The number of hydrogen-bond donors (Lipinski definition) is 0. The van der Waals surface area contributed by atoms with E-state index in [1.54, 1.807) is 0 Å². The van der Waals surface area contributed by atoms with Crippen LogP contribution < -0.4 is 0 Å². The van der Waals surface area contributed by atoms with Crippen LogP contribution in [0.2, 0.25) is 0 Å². The first-order valence-electron chi connectivity index (χ1n) is 8.89. The second-order valence-electron chi connectivity index (χ2n) is 6.44. The van der Waals surface area contributed by atoms with Crippen LogP contribution in [0.1, 0.15) is 17.5 Å². The maximum Gasteiger partial charge on any atom is 0.222 e. The first-order chi connectivity index (χ1) is 11.8. The highest BCUT2D eigenvalue weighted by Gasteiger charge is 2.20. The summed E-state index contributed by atoms with van der Waals surface area (Å²) in [6.45, 7) is 4.79. The van der Waals surface area contributed by atoms with E-state index < -0.39 is 0 Å². The molecule has 2 aromatic carbocycles. The molecule has 1 aliphatic heterocycles. The van der Waals surface area contributed by atoms with E-state index in [-0.39, 0.29) is 0 Å². The first kappa shape index (κ1) is 16.7. The maximum absolute atomic E-state index is 12.4. The SMILES string of the molecule is O=C(CCc1ccccc1)N1CCN(CCc2ccccc2)CC1. The van der Waals surface area contributed by atoms with Crippen molar-refractivity contribution in [2.45, 2.75) is 19.3 Å². The third-order valence-electron chi connectivity index (χ3n) is 4.75. The lowest BCUT2D eigenvalue weighted by Crippen LogP contribution is -2.49. The molecule has 1 aliphatic rings. The fraction of sp³-hybridized carbons (Fsp3) is 0.381. The number of benzene rings is 2. The average Bonchev–Trinajstić information content (AvgIpc) is 2.66. The van der Waals surface area contributed by atoms with E-state index in [9.17, 15) is 4.79 Å². The van der Waals surface area contributed by atoms with Crippen molar-refractivity contribution >= 4 is 5.91 Å². The quantitative estimate of drug-likeness (QED) is 0.816. The van der Waals surface area contributed by atoms with Gasteiger partial charge in [0.05, 0.1) is 0 Å². The summed E-state index contributed by atoms with van der Waals surface area (Å²) >= 11 is 0. The van der Waals surface area contributed by atoms with Crippen molar-refractivity contribution in [1.82, 2.24) is 9.80 Å². The first-order valence-corrected chi connectivity index (χ1v) is 8.89. The highest BCUT2D eigenvalue weighted by molar-refractivity contribution is 5.76. The molecule has 3 nitrogen and oxygen atoms in total. The van der Waals surface area contributed by atoms with Crippen LogP contribution in [-0.2, 0) is 17.6 Å². The summed E-state index contributed by atoms with van der Waals surface area (Å²) < 4.78 is 0. The van der Waals surface area contributed by atoms with E-state index in [1.807, 2.05) is 23.1 Å². The van der Waals surface area contributed by atoms with Gasteiger partial charge in [0.15, 0.2) is 0 Å². The highest BCUT2D eigenvalue weighted by atomic mass is 16.2. The Morgan fingerprint density at radius 1 is 0.750 bits per heavy atom. The molecule has 1 heterocycles. The van der Waals surface area contributed by atoms with Crippen LogP contribution in [-0.4, -0.2) is 48.4 Å². The van der Waals surface area contributed by atoms with Crippen LogP contribution in [0, 0.1) is 0 Å². The molecule has 3 rings (SSSR count). The third kappa shape index (κ3) is 4.93. The molecule has 2 aromatic rings. The van der Waals surface area contributed by atoms with Crippen LogP contribution in [0.5, 0.6) is 0 Å². The Hall–Kier alpha value is -2.13. The minimum absolute atomic E-state index is 0.293. The molecule has 126 valence electrons. The van der Waals surface area contributed by atoms with Crippen molar-refractivity contribution in [3.63, 3.8) is 0 Å². The molecule has 0 aromatic heterocycles. The molecular weight excluding hydrogens is 296 g/mol. The molecule has 1 saturated heterocycles. The van der Waals surface area contributed by atoms with Crippen LogP contribution in [0.3, 0.4) is 0 Å². The molecule has 1 fully saturated rings. The zero-order valence-corrected chi connectivity index (χ0v) is 14.2. The molecule has 0 unspecified atom stereocenters. The molecular formula is C21H26N2O. The van der Waals surface area contributed by atoms with Gasteiger partial charge in [0.2, 0.25) is 5.91 Å². The van der Waals surface area contributed by atoms with Crippen molar-refractivity contribution < 1.29 is 4.79 Å². The van der Waals surface area contributed by atoms with Gasteiger partial charge in [-0.15, -0.1) is 0 Å². The monoisotopic (exact) mass is 322 g/mol. The zero-order chi connectivity index (χ0) is 16.6. The number of carbonyl (C=O) groups is 1. The normalized spacial score (nSPS) is 15.4. The Kier molecular flexibility index (Phi) is 6.02. The molecule has 0 saturated carbocycles. The van der Waals surface area contributed by atoms with Gasteiger partial charge in [-0.2, -0.15) is 0 Å². The molecule has 0 radical (unpaired) electrons. The Bertz CT molecular complexity index is 619. The molecule has 0 N–H and O–H groups in total. The van der Waals surface area contributed by atoms with Gasteiger partial charge >= 0.3 is 0 Å². The van der Waals surface area contributed by atoms with Gasteiger partial charge in [-0.05, 0) is 24.0 Å². The van der Waals surface area contributed by atoms with Crippen molar-refractivity contribution in [3.05, 3.63) is 71.8 Å². The number of rotatable bonds is 6. The molecule has 0 bridgehead atoms. The van der Waals surface area contributed by atoms with Crippen LogP contribution in [0.4, 0.5) is 0 Å². The van der Waals surface area contributed by atoms with E-state index >= 15 is 0 Å². The number of carbonyl (C=O) groups excluding carboxylic acids is 1. The van der Waals surface area contributed by atoms with Crippen molar-refractivity contribution in [1.29, 1.82) is 0 Å². The predicted octanol–water partition coefficient (Wildman–Crippen LogP) is 3.01. The van der Waals surface area contributed by atoms with Gasteiger partial charge in [0.1, 0.15) is 0 Å². The number of hydrogen-bond acceptors (Lipinski definition) is 2. The predicted molar refractivity (Wildman–Crippen MR) is 97.9 cm³/mol. The Morgan fingerprint density at radius 3 is 1.88 bits per heavy atom. The lowest BCUT2D eigenvalue weighted by molar-refractivity contribution is -0.132. The fourth-order valence-corrected chi connectivity index (χ4v) is 3.21. The summed E-state index contributed by atoms with van der Waals surface area (Å²) in [5, 5.41) is 0. The minimum atomic E-state index is 0.293. The number of aryl methyl sites for hydroxylation is 1. The van der Waals surface area contributed by atoms with E-state index in [0.29, 0.717) is 12.3 Å². The summed E-state index contributed by atoms with van der Waals surface area (Å²) in [5.41, 5.74) is 2.63. The Labute approximate surface area is 144 Å². The van der Waals surface area contributed by atoms with E-state index in [0.717, 1.165) is 45.6 Å². The van der Waals surface area contributed by atoms with E-state index in [1.165, 1.54) is 11.1 Å². The zero-order valence-electron chi connectivity index (χ0n) is 14.2. The van der Waals surface area contributed by atoms with Gasteiger partial charge in [0, 0.05) is 39.1 Å². The molecule has 1 amide bonds. The molecule has 24 heavy (non-hydrogen) atoms. The van der Waals surface area contributed by atoms with Gasteiger partial charge < -0.3 is 4.90 Å². The summed E-state index contributed by atoms with van der Waals surface area (Å²) in [6, 6.07) is 20.9. The summed E-state index contributed by atoms with van der Waals surface area (Å²) in [4.78, 5) is 16.9. The van der Waals surface area contributed by atoms with Crippen LogP contribution in [0.15, 0.2) is 60.7 Å². The van der Waals surface area contributed by atoms with Crippen LogP contribution >= 0.6 is 0 Å². The van der Waals surface area contributed by atoms with Gasteiger partial charge in [-0.25, -0.2) is 0 Å². The van der Waals surface area contributed by atoms with Crippen LogP contribution in [0.25, 0.3) is 0 Å². The van der Waals surface area contributed by atoms with E-state index in [4.69, 9.17) is 0 Å². The second kappa shape index (κ2) is 8.65. The molecule has 3 heteroatoms. The molecule has 0 aliphatic carbocycles. The lowest BCUT2D eigenvalue weighted by Gasteiger charge is -2.34. The standard InChI is InChI=1S/C21H26N2O/c24-21(12-11-19-7-3-1-4-8-19)23-17-15-22(16-18-23)14-13-20-9-5-2-6-10-20/h1-10H,11-18H2. The van der Waals surface area contributed by atoms with E-state index in [2.05, 4.69) is 47.4 Å². The maximum atomic E-state index is 12.4. The van der Waals surface area contributed by atoms with Crippen molar-refractivity contribution in [2.24, 2.45) is 0 Å². The summed E-state index contributed by atoms with van der Waals surface area (Å²) in [6.07, 6.45) is 2.55. The highest BCUT2D eigenvalue weighted by Crippen LogP contribution is 2.09. The number of piperazine rings is 1. The minimum Gasteiger partial charge on any atom is -0.340 e. The third-order valence-corrected chi connectivity index (χ3v) is 4.75. The summed E-state index contributed by atoms with van der Waals surface area (Å²) in [7, 11) is 0. The van der Waals surface area contributed by atoms with Gasteiger partial charge in [-0.1, -0.05) is 60.7 Å². The number of nitrogens with zero attached hydrogens (tertiary/aromatic N) is 2. The molecule has 0 atom stereocenters. The Morgan fingerprint density at radius 2 is 1.29 bits per heavy atom. The average molecular weight is 322 g/mol. The van der Waals surface area contributed by atoms with Crippen molar-refractivity contribution in [3.8, 4) is 0 Å². The Balaban J connectivity index is 1.37. The smallest absolute Gasteiger partial charge is 0.222 e. The topological polar surface area (TPSA) is 23.6 Å². The largest absolute Gasteiger partial charge is 0.340 e. The number of amides is 1.